The van der Waals surface area contributed by atoms with E-state index in [9.17, 15) is 9.59 Å². The summed E-state index contributed by atoms with van der Waals surface area (Å²) >= 11 is 0. The van der Waals surface area contributed by atoms with E-state index in [2.05, 4.69) is 5.32 Å². The Kier molecular flexibility index (Phi) is 10.5. The Labute approximate surface area is 266 Å². The summed E-state index contributed by atoms with van der Waals surface area (Å²) in [6.45, 7) is 13.7. The molecule has 0 spiro atoms. The molecule has 1 saturated heterocycles. The monoisotopic (exact) mass is 617 g/mol. The molecular weight excluding hydrogens is 573 g/mol. The molecule has 1 amide bonds. The smallest absolute Gasteiger partial charge is 0.497 e. The average Bonchev–Trinajstić information content (AvgIpc) is 3.21. The molecule has 0 saturated carbocycles. The Bertz CT molecular complexity index is 1430. The average molecular weight is 618 g/mol. The molecule has 1 N–H and O–H groups in total. The van der Waals surface area contributed by atoms with E-state index in [1.165, 1.54) is 0 Å². The van der Waals surface area contributed by atoms with Crippen LogP contribution in [-0.2, 0) is 43.2 Å². The fourth-order valence-electron chi connectivity index (χ4n) is 4.60. The van der Waals surface area contributed by atoms with Crippen molar-refractivity contribution in [1.82, 2.24) is 5.32 Å². The van der Waals surface area contributed by atoms with Crippen molar-refractivity contribution in [2.45, 2.75) is 90.9 Å². The number of hydrogen-bond donors (Lipinski definition) is 1. The van der Waals surface area contributed by atoms with Gasteiger partial charge in [0.1, 0.15) is 36.4 Å². The van der Waals surface area contributed by atoms with E-state index in [0.717, 1.165) is 22.4 Å². The summed E-state index contributed by atoms with van der Waals surface area (Å²) in [6, 6.07) is 21.5. The van der Waals surface area contributed by atoms with Gasteiger partial charge in [0, 0.05) is 11.9 Å². The van der Waals surface area contributed by atoms with Crippen LogP contribution < -0.4 is 20.3 Å². The van der Waals surface area contributed by atoms with Gasteiger partial charge >= 0.3 is 19.2 Å². The number of amides is 1. The number of nitrogens with one attached hydrogen (secondary N) is 1. The first-order valence-corrected chi connectivity index (χ1v) is 15.1. The second-order valence-electron chi connectivity index (χ2n) is 13.1. The van der Waals surface area contributed by atoms with Crippen molar-refractivity contribution in [1.29, 1.82) is 0 Å². The van der Waals surface area contributed by atoms with Crippen LogP contribution in [-0.4, -0.2) is 49.1 Å². The molecule has 4 rings (SSSR count). The zero-order valence-corrected chi connectivity index (χ0v) is 27.5. The Morgan fingerprint density at radius 1 is 0.844 bits per heavy atom. The van der Waals surface area contributed by atoms with Crippen molar-refractivity contribution in [2.24, 2.45) is 0 Å². The molecule has 10 heteroatoms. The highest BCUT2D eigenvalue weighted by atomic mass is 16.7. The molecule has 1 aliphatic rings. The third-order valence-corrected chi connectivity index (χ3v) is 7.77. The number of benzene rings is 3. The fraction of sp³-hybridized carbons (Fsp3) is 0.429. The number of methoxy groups -OCH3 is 1. The van der Waals surface area contributed by atoms with E-state index in [0.29, 0.717) is 17.8 Å². The Morgan fingerprint density at radius 3 is 2.04 bits per heavy atom. The van der Waals surface area contributed by atoms with E-state index in [-0.39, 0.29) is 13.0 Å². The maximum atomic E-state index is 13.3. The summed E-state index contributed by atoms with van der Waals surface area (Å²) in [7, 11) is 0.908. The molecule has 45 heavy (non-hydrogen) atoms. The van der Waals surface area contributed by atoms with Gasteiger partial charge in [0.15, 0.2) is 0 Å². The van der Waals surface area contributed by atoms with Crippen molar-refractivity contribution in [3.63, 3.8) is 0 Å². The number of hydrogen-bond acceptors (Lipinski definition) is 8. The van der Waals surface area contributed by atoms with E-state index in [1.807, 2.05) is 100 Å². The van der Waals surface area contributed by atoms with E-state index >= 15 is 0 Å². The highest BCUT2D eigenvalue weighted by Crippen LogP contribution is 2.37. The first-order valence-electron chi connectivity index (χ1n) is 15.1. The molecule has 240 valence electrons. The van der Waals surface area contributed by atoms with Crippen LogP contribution in [0.3, 0.4) is 0 Å². The van der Waals surface area contributed by atoms with Crippen molar-refractivity contribution in [3.8, 4) is 11.5 Å². The van der Waals surface area contributed by atoms with Crippen LogP contribution >= 0.6 is 0 Å². The van der Waals surface area contributed by atoms with Crippen molar-refractivity contribution in [3.05, 3.63) is 89.5 Å². The molecule has 1 aliphatic heterocycles. The largest absolute Gasteiger partial charge is 0.498 e. The van der Waals surface area contributed by atoms with Crippen LogP contribution in [0.4, 0.5) is 4.79 Å². The van der Waals surface area contributed by atoms with Crippen LogP contribution in [0.15, 0.2) is 72.8 Å². The minimum atomic E-state index is -1.01. The predicted molar refractivity (Wildman–Crippen MR) is 173 cm³/mol. The highest BCUT2D eigenvalue weighted by Gasteiger charge is 2.52. The first kappa shape index (κ1) is 33.9. The quantitative estimate of drug-likeness (QED) is 0.214. The summed E-state index contributed by atoms with van der Waals surface area (Å²) in [4.78, 5) is 26.1. The molecule has 0 bridgehead atoms. The fourth-order valence-corrected chi connectivity index (χ4v) is 4.60. The van der Waals surface area contributed by atoms with Gasteiger partial charge in [-0.25, -0.2) is 9.59 Å². The summed E-state index contributed by atoms with van der Waals surface area (Å²) in [5, 5.41) is 2.70. The lowest BCUT2D eigenvalue weighted by Gasteiger charge is -2.32. The predicted octanol–water partition coefficient (Wildman–Crippen LogP) is 5.75. The molecule has 0 unspecified atom stereocenters. The molecule has 1 fully saturated rings. The van der Waals surface area contributed by atoms with Crippen LogP contribution in [0.1, 0.15) is 65.2 Å². The minimum absolute atomic E-state index is 0.0695. The Balaban J connectivity index is 1.58. The molecule has 1 heterocycles. The second-order valence-corrected chi connectivity index (χ2v) is 13.1. The first-order chi connectivity index (χ1) is 21.2. The standard InChI is InChI=1S/C35H44BNO8/c1-33(2,3)43-31(38)29(37-32(39)42-23-24-12-10-9-11-13-24)21-26-16-19-30(41-22-25-14-17-27(40-8)18-15-25)28(20-26)36-44-34(4,5)35(6,7)45-36/h9-20,29H,21-23H2,1-8H3,(H,37,39)/t29-/m0/s1. The number of ether oxygens (including phenoxy) is 4. The number of esters is 1. The molecular formula is C35H44BNO8. The third kappa shape index (κ3) is 9.25. The minimum Gasteiger partial charge on any atom is -0.497 e. The third-order valence-electron chi connectivity index (χ3n) is 7.77. The van der Waals surface area contributed by atoms with Gasteiger partial charge in [0.2, 0.25) is 0 Å². The van der Waals surface area contributed by atoms with E-state index < -0.39 is 42.0 Å². The summed E-state index contributed by atoms with van der Waals surface area (Å²) in [5.41, 5.74) is 1.30. The molecule has 9 nitrogen and oxygen atoms in total. The zero-order chi connectivity index (χ0) is 32.8. The van der Waals surface area contributed by atoms with Crippen LogP contribution in [0.25, 0.3) is 0 Å². The Hall–Kier alpha value is -4.02. The zero-order valence-electron chi connectivity index (χ0n) is 27.5. The maximum absolute atomic E-state index is 13.3. The molecule has 0 aromatic heterocycles. The lowest BCUT2D eigenvalue weighted by molar-refractivity contribution is -0.157. The number of carbonyl (C=O) groups excluding carboxylic acids is 2. The van der Waals surface area contributed by atoms with Crippen LogP contribution in [0.5, 0.6) is 11.5 Å². The van der Waals surface area contributed by atoms with E-state index in [4.69, 9.17) is 28.3 Å². The van der Waals surface area contributed by atoms with Crippen molar-refractivity contribution >= 4 is 24.6 Å². The lowest BCUT2D eigenvalue weighted by Crippen LogP contribution is -2.46. The maximum Gasteiger partial charge on any atom is 0.498 e. The summed E-state index contributed by atoms with van der Waals surface area (Å²) < 4.78 is 35.4. The van der Waals surface area contributed by atoms with Crippen molar-refractivity contribution < 1.29 is 37.8 Å². The summed E-state index contributed by atoms with van der Waals surface area (Å²) in [6.07, 6.45) is -0.582. The molecule has 3 aromatic carbocycles. The number of carbonyl (C=O) groups is 2. The second kappa shape index (κ2) is 14.0. The van der Waals surface area contributed by atoms with E-state index in [1.54, 1.807) is 27.9 Å². The lowest BCUT2D eigenvalue weighted by atomic mass is 9.77. The van der Waals surface area contributed by atoms with Gasteiger partial charge in [-0.15, -0.1) is 0 Å². The van der Waals surface area contributed by atoms with Gasteiger partial charge < -0.3 is 33.6 Å². The van der Waals surface area contributed by atoms with Gasteiger partial charge in [0.05, 0.1) is 18.3 Å². The SMILES string of the molecule is COc1ccc(COc2ccc(C[C@H](NC(=O)OCc3ccccc3)C(=O)OC(C)(C)C)cc2B2OC(C)(C)C(C)(C)O2)cc1. The molecule has 0 aliphatic carbocycles. The van der Waals surface area contributed by atoms with Crippen LogP contribution in [0, 0.1) is 0 Å². The number of rotatable bonds is 11. The van der Waals surface area contributed by atoms with Gasteiger partial charge in [-0.3, -0.25) is 0 Å². The normalized spacial score (nSPS) is 16.0. The van der Waals surface area contributed by atoms with Crippen LogP contribution in [0.2, 0.25) is 0 Å². The van der Waals surface area contributed by atoms with Gasteiger partial charge in [0.25, 0.3) is 0 Å². The molecule has 1 atom stereocenters. The number of alkyl carbamates (subject to hydrolysis) is 1. The molecule has 3 aromatic rings. The van der Waals surface area contributed by atoms with Crippen molar-refractivity contribution in [2.75, 3.05) is 7.11 Å². The summed E-state index contributed by atoms with van der Waals surface area (Å²) in [5.74, 6) is 0.770. The topological polar surface area (TPSA) is 102 Å². The Morgan fingerprint density at radius 2 is 1.44 bits per heavy atom. The van der Waals surface area contributed by atoms with Gasteiger partial charge in [-0.2, -0.15) is 0 Å². The van der Waals surface area contributed by atoms with Gasteiger partial charge in [-0.1, -0.05) is 54.6 Å². The highest BCUT2D eigenvalue weighted by molar-refractivity contribution is 6.63. The molecule has 0 radical (unpaired) electrons. The van der Waals surface area contributed by atoms with Gasteiger partial charge in [-0.05, 0) is 83.4 Å².